The summed E-state index contributed by atoms with van der Waals surface area (Å²) in [5, 5.41) is 8.37. The number of anilines is 1. The highest BCUT2D eigenvalue weighted by molar-refractivity contribution is 7.14. The van der Waals surface area contributed by atoms with Gasteiger partial charge >= 0.3 is 0 Å². The van der Waals surface area contributed by atoms with Crippen molar-refractivity contribution in [1.29, 1.82) is 0 Å². The number of carbonyl (C=O) groups is 3. The van der Waals surface area contributed by atoms with Gasteiger partial charge in [0.1, 0.15) is 12.1 Å². The van der Waals surface area contributed by atoms with Crippen LogP contribution in [0.15, 0.2) is 66.0 Å². The fourth-order valence-corrected chi connectivity index (χ4v) is 6.01. The van der Waals surface area contributed by atoms with Gasteiger partial charge in [-0.25, -0.2) is 4.98 Å². The van der Waals surface area contributed by atoms with E-state index in [1.165, 1.54) is 11.3 Å². The second kappa shape index (κ2) is 11.7. The lowest BCUT2D eigenvalue weighted by molar-refractivity contribution is -0.141. The Morgan fingerprint density at radius 3 is 2.30 bits per heavy atom. The molecular formula is C29H32N4O3S. The maximum atomic E-state index is 13.8. The Balaban J connectivity index is 1.30. The molecule has 2 aliphatic rings. The van der Waals surface area contributed by atoms with E-state index in [9.17, 15) is 14.4 Å². The van der Waals surface area contributed by atoms with Gasteiger partial charge in [-0.3, -0.25) is 14.4 Å². The molecule has 5 rings (SSSR count). The van der Waals surface area contributed by atoms with Crippen molar-refractivity contribution in [2.45, 2.75) is 57.0 Å². The van der Waals surface area contributed by atoms with Gasteiger partial charge in [0.05, 0.1) is 5.69 Å². The summed E-state index contributed by atoms with van der Waals surface area (Å²) in [6, 6.07) is 17.7. The molecule has 3 aromatic rings. The summed E-state index contributed by atoms with van der Waals surface area (Å²) < 4.78 is 0. The van der Waals surface area contributed by atoms with E-state index in [2.05, 4.69) is 15.6 Å². The average molecular weight is 517 g/mol. The van der Waals surface area contributed by atoms with Gasteiger partial charge in [0.15, 0.2) is 5.13 Å². The molecule has 2 aromatic carbocycles. The van der Waals surface area contributed by atoms with Crippen molar-refractivity contribution in [3.05, 3.63) is 71.6 Å². The number of benzene rings is 2. The molecule has 0 bridgehead atoms. The fraction of sp³-hybridized carbons (Fsp3) is 0.379. The number of aromatic nitrogens is 1. The molecule has 1 aromatic heterocycles. The van der Waals surface area contributed by atoms with Gasteiger partial charge in [-0.15, -0.1) is 11.3 Å². The smallest absolute Gasteiger partial charge is 0.250 e. The normalized spacial score (nSPS) is 18.8. The molecule has 7 nitrogen and oxygen atoms in total. The molecule has 8 heteroatoms. The first-order chi connectivity index (χ1) is 18.1. The molecule has 2 fully saturated rings. The average Bonchev–Trinajstić information content (AvgIpc) is 3.63. The molecule has 0 unspecified atom stereocenters. The largest absolute Gasteiger partial charge is 0.340 e. The van der Waals surface area contributed by atoms with E-state index >= 15 is 0 Å². The Labute approximate surface area is 221 Å². The van der Waals surface area contributed by atoms with Crippen molar-refractivity contribution in [1.82, 2.24) is 15.2 Å². The van der Waals surface area contributed by atoms with Crippen LogP contribution in [0, 0.1) is 5.92 Å². The number of carbonyl (C=O) groups excluding carboxylic acids is 3. The monoisotopic (exact) mass is 516 g/mol. The molecular weight excluding hydrogens is 484 g/mol. The number of amides is 3. The number of hydrogen-bond acceptors (Lipinski definition) is 5. The number of rotatable bonds is 7. The lowest BCUT2D eigenvalue weighted by atomic mass is 9.88. The third-order valence-electron chi connectivity index (χ3n) is 7.28. The summed E-state index contributed by atoms with van der Waals surface area (Å²) in [6.07, 6.45) is 6.26. The summed E-state index contributed by atoms with van der Waals surface area (Å²) in [5.41, 5.74) is 2.52. The third kappa shape index (κ3) is 5.91. The van der Waals surface area contributed by atoms with E-state index in [-0.39, 0.29) is 23.6 Å². The number of nitrogens with one attached hydrogen (secondary N) is 2. The van der Waals surface area contributed by atoms with Gasteiger partial charge in [-0.2, -0.15) is 0 Å². The van der Waals surface area contributed by atoms with Gasteiger partial charge in [-0.05, 0) is 31.2 Å². The van der Waals surface area contributed by atoms with E-state index in [0.29, 0.717) is 18.1 Å². The minimum absolute atomic E-state index is 0.0610. The van der Waals surface area contributed by atoms with Crippen molar-refractivity contribution < 1.29 is 14.4 Å². The summed E-state index contributed by atoms with van der Waals surface area (Å²) in [4.78, 5) is 46.4. The van der Waals surface area contributed by atoms with Crippen molar-refractivity contribution in [3.63, 3.8) is 0 Å². The van der Waals surface area contributed by atoms with Crippen LogP contribution in [0.3, 0.4) is 0 Å². The van der Waals surface area contributed by atoms with E-state index < -0.39 is 12.1 Å². The molecule has 3 amide bonds. The van der Waals surface area contributed by atoms with Crippen LogP contribution in [0.25, 0.3) is 11.3 Å². The zero-order chi connectivity index (χ0) is 25.6. The van der Waals surface area contributed by atoms with E-state index in [1.54, 1.807) is 4.90 Å². The number of thiazole rings is 1. The topological polar surface area (TPSA) is 91.4 Å². The number of hydrogen-bond donors (Lipinski definition) is 2. The van der Waals surface area contributed by atoms with Crippen LogP contribution in [-0.2, 0) is 14.4 Å². The predicted octanol–water partition coefficient (Wildman–Crippen LogP) is 5.18. The lowest BCUT2D eigenvalue weighted by Gasteiger charge is -2.30. The number of likely N-dealkylation sites (tertiary alicyclic amines) is 1. The van der Waals surface area contributed by atoms with E-state index in [0.717, 1.165) is 55.3 Å². The maximum absolute atomic E-state index is 13.8. The van der Waals surface area contributed by atoms with Gasteiger partial charge in [-0.1, -0.05) is 79.9 Å². The van der Waals surface area contributed by atoms with Crippen LogP contribution in [0.1, 0.15) is 56.6 Å². The first-order valence-corrected chi connectivity index (χ1v) is 14.0. The molecule has 1 saturated heterocycles. The van der Waals surface area contributed by atoms with Crippen molar-refractivity contribution in [3.8, 4) is 11.3 Å². The Kier molecular flexibility index (Phi) is 7.94. The number of nitrogens with zero attached hydrogens (tertiary/aromatic N) is 2. The highest BCUT2D eigenvalue weighted by Gasteiger charge is 2.39. The Bertz CT molecular complexity index is 1220. The first kappa shape index (κ1) is 25.1. The predicted molar refractivity (Wildman–Crippen MR) is 145 cm³/mol. The highest BCUT2D eigenvalue weighted by Crippen LogP contribution is 2.29. The zero-order valence-corrected chi connectivity index (χ0v) is 21.6. The van der Waals surface area contributed by atoms with Crippen LogP contribution in [0.2, 0.25) is 0 Å². The minimum atomic E-state index is -0.812. The molecule has 2 atom stereocenters. The summed E-state index contributed by atoms with van der Waals surface area (Å²) >= 11 is 1.36. The maximum Gasteiger partial charge on any atom is 0.250 e. The van der Waals surface area contributed by atoms with Gasteiger partial charge < -0.3 is 15.5 Å². The summed E-state index contributed by atoms with van der Waals surface area (Å²) in [6.45, 7) is 0.479. The fourth-order valence-electron chi connectivity index (χ4n) is 5.29. The molecule has 37 heavy (non-hydrogen) atoms. The molecule has 1 saturated carbocycles. The SMILES string of the molecule is O=C(N[C@@H](C(=O)N1CCC[C@H]1C(=O)Nc1nc(-c2ccccc2)cs1)c1ccccc1)C1CCCCC1. The lowest BCUT2D eigenvalue weighted by Crippen LogP contribution is -2.49. The first-order valence-electron chi connectivity index (χ1n) is 13.1. The van der Waals surface area contributed by atoms with Crippen LogP contribution >= 0.6 is 11.3 Å². The van der Waals surface area contributed by atoms with E-state index in [1.807, 2.05) is 66.0 Å². The Morgan fingerprint density at radius 2 is 1.57 bits per heavy atom. The summed E-state index contributed by atoms with van der Waals surface area (Å²) in [5.74, 6) is -0.616. The van der Waals surface area contributed by atoms with Crippen molar-refractivity contribution >= 4 is 34.2 Å². The van der Waals surface area contributed by atoms with Crippen LogP contribution < -0.4 is 10.6 Å². The molecule has 1 aliphatic heterocycles. The molecule has 2 N–H and O–H groups in total. The second-order valence-corrected chi connectivity index (χ2v) is 10.6. The third-order valence-corrected chi connectivity index (χ3v) is 8.04. The molecule has 2 heterocycles. The molecule has 192 valence electrons. The van der Waals surface area contributed by atoms with Crippen LogP contribution in [-0.4, -0.2) is 40.2 Å². The zero-order valence-electron chi connectivity index (χ0n) is 20.8. The standard InChI is InChI=1S/C29H32N4O3S/c34-26(22-15-8-3-9-16-22)31-25(21-13-6-2-7-14-21)28(36)33-18-10-17-24(33)27(35)32-29-30-23(19-37-29)20-11-4-1-5-12-20/h1-2,4-7,11-14,19,22,24-25H,3,8-10,15-18H2,(H,31,34)(H,30,32,35)/t24-,25+/m0/s1. The Morgan fingerprint density at radius 1 is 0.865 bits per heavy atom. The van der Waals surface area contributed by atoms with Crippen molar-refractivity contribution in [2.75, 3.05) is 11.9 Å². The van der Waals surface area contributed by atoms with Gasteiger partial charge in [0, 0.05) is 23.4 Å². The van der Waals surface area contributed by atoms with Crippen LogP contribution in [0.4, 0.5) is 5.13 Å². The van der Waals surface area contributed by atoms with Gasteiger partial charge in [0.2, 0.25) is 17.7 Å². The van der Waals surface area contributed by atoms with Crippen LogP contribution in [0.5, 0.6) is 0 Å². The second-order valence-electron chi connectivity index (χ2n) is 9.77. The quantitative estimate of drug-likeness (QED) is 0.453. The molecule has 0 spiro atoms. The molecule has 1 aliphatic carbocycles. The summed E-state index contributed by atoms with van der Waals surface area (Å²) in [7, 11) is 0. The van der Waals surface area contributed by atoms with E-state index in [4.69, 9.17) is 0 Å². The highest BCUT2D eigenvalue weighted by atomic mass is 32.1. The Hall–Kier alpha value is -3.52. The molecule has 0 radical (unpaired) electrons. The van der Waals surface area contributed by atoms with Gasteiger partial charge in [0.25, 0.3) is 0 Å². The minimum Gasteiger partial charge on any atom is -0.340 e. The van der Waals surface area contributed by atoms with Crippen molar-refractivity contribution in [2.24, 2.45) is 5.92 Å².